The average Bonchev–Trinajstić information content (AvgIpc) is 3.42. The molecule has 4 saturated heterocycles. The second-order valence-electron chi connectivity index (χ2n) is 9.69. The van der Waals surface area contributed by atoms with Crippen LogP contribution in [0.2, 0.25) is 0 Å². The first-order valence-electron chi connectivity index (χ1n) is 12.5. The summed E-state index contributed by atoms with van der Waals surface area (Å²) in [5.41, 5.74) is -0.999. The van der Waals surface area contributed by atoms with Crippen LogP contribution < -0.4 is 10.6 Å². The van der Waals surface area contributed by atoms with Crippen molar-refractivity contribution >= 4 is 33.7 Å². The highest BCUT2D eigenvalue weighted by molar-refractivity contribution is 9.09. The Labute approximate surface area is 209 Å². The molecule has 6 atom stereocenters. The first-order chi connectivity index (χ1) is 16.4. The van der Waals surface area contributed by atoms with E-state index in [1.807, 2.05) is 0 Å². The van der Waals surface area contributed by atoms with E-state index in [0.717, 1.165) is 45.3 Å². The topological polar surface area (TPSA) is 120 Å². The maximum absolute atomic E-state index is 13.7. The van der Waals surface area contributed by atoms with Gasteiger partial charge in [0.15, 0.2) is 0 Å². The van der Waals surface area contributed by atoms with E-state index in [1.54, 1.807) is 11.9 Å². The number of aliphatic hydroxyl groups is 1. The minimum atomic E-state index is -0.999. The number of rotatable bonds is 11. The average molecular weight is 545 g/mol. The zero-order chi connectivity index (χ0) is 24.3. The molecule has 4 rings (SSSR count). The van der Waals surface area contributed by atoms with Gasteiger partial charge < -0.3 is 30.1 Å². The standard InChI is InChI=1S/C23H37BrN4O6/c1-25-20(30)16-17-22(32)28(7-4-2-3-5-11-29)19(23(17)14-15(24)18(16)34-23)21(31)26-6-8-27-9-12-33-13-10-27/h15-19,29H,2-14H2,1H3,(H,25,30)(H,26,31)/t15?,16-,17+,18-,19?,23?/m1/s1. The van der Waals surface area contributed by atoms with Crippen LogP contribution in [0.25, 0.3) is 0 Å². The number of ether oxygens (including phenoxy) is 2. The van der Waals surface area contributed by atoms with Gasteiger partial charge in [-0.05, 0) is 19.3 Å². The lowest BCUT2D eigenvalue weighted by atomic mass is 9.70. The van der Waals surface area contributed by atoms with E-state index in [0.29, 0.717) is 32.7 Å². The Morgan fingerprint density at radius 1 is 1.15 bits per heavy atom. The maximum Gasteiger partial charge on any atom is 0.245 e. The third-order valence-corrected chi connectivity index (χ3v) is 8.57. The van der Waals surface area contributed by atoms with E-state index in [-0.39, 0.29) is 29.2 Å². The molecule has 0 aromatic heterocycles. The van der Waals surface area contributed by atoms with E-state index in [2.05, 4.69) is 31.5 Å². The summed E-state index contributed by atoms with van der Waals surface area (Å²) in [6, 6.07) is -0.757. The first kappa shape index (κ1) is 25.8. The molecule has 0 aliphatic carbocycles. The van der Waals surface area contributed by atoms with Gasteiger partial charge >= 0.3 is 0 Å². The lowest BCUT2D eigenvalue weighted by Gasteiger charge is -2.34. The molecule has 4 aliphatic rings. The van der Waals surface area contributed by atoms with Crippen molar-refractivity contribution in [1.29, 1.82) is 0 Å². The molecule has 10 nitrogen and oxygen atoms in total. The second kappa shape index (κ2) is 11.2. The fourth-order valence-electron chi connectivity index (χ4n) is 6.14. The molecular weight excluding hydrogens is 508 g/mol. The number of hydrogen-bond donors (Lipinski definition) is 3. The van der Waals surface area contributed by atoms with Gasteiger partial charge in [0, 0.05) is 51.2 Å². The molecule has 1 spiro atoms. The van der Waals surface area contributed by atoms with Gasteiger partial charge in [-0.1, -0.05) is 28.8 Å². The number of likely N-dealkylation sites (tertiary alicyclic amines) is 1. The lowest BCUT2D eigenvalue weighted by molar-refractivity contribution is -0.142. The highest BCUT2D eigenvalue weighted by Crippen LogP contribution is 2.59. The van der Waals surface area contributed by atoms with E-state index >= 15 is 0 Å². The number of halogens is 1. The van der Waals surface area contributed by atoms with Crippen molar-refractivity contribution in [2.24, 2.45) is 11.8 Å². The number of carbonyl (C=O) groups is 3. The molecule has 2 bridgehead atoms. The third-order valence-electron chi connectivity index (χ3n) is 7.72. The minimum absolute atomic E-state index is 0.0907. The molecule has 34 heavy (non-hydrogen) atoms. The number of unbranched alkanes of at least 4 members (excludes halogenated alkanes) is 3. The normalized spacial score (nSPS) is 35.0. The number of fused-ring (bicyclic) bond motifs is 1. The van der Waals surface area contributed by atoms with Gasteiger partial charge in [0.05, 0.1) is 31.2 Å². The number of alkyl halides is 1. The van der Waals surface area contributed by atoms with Gasteiger partial charge in [0.1, 0.15) is 11.6 Å². The van der Waals surface area contributed by atoms with E-state index in [9.17, 15) is 14.4 Å². The smallest absolute Gasteiger partial charge is 0.245 e. The van der Waals surface area contributed by atoms with Crippen LogP contribution in [0.4, 0.5) is 0 Å². The molecule has 3 amide bonds. The van der Waals surface area contributed by atoms with Crippen molar-refractivity contribution in [3.05, 3.63) is 0 Å². The highest BCUT2D eigenvalue weighted by atomic mass is 79.9. The van der Waals surface area contributed by atoms with Crippen molar-refractivity contribution in [3.8, 4) is 0 Å². The molecule has 3 unspecified atom stereocenters. The van der Waals surface area contributed by atoms with Crippen LogP contribution in [0.5, 0.6) is 0 Å². The maximum atomic E-state index is 13.7. The monoisotopic (exact) mass is 544 g/mol. The Morgan fingerprint density at radius 3 is 2.59 bits per heavy atom. The van der Waals surface area contributed by atoms with Crippen LogP contribution >= 0.6 is 15.9 Å². The van der Waals surface area contributed by atoms with Crippen LogP contribution in [0.3, 0.4) is 0 Å². The van der Waals surface area contributed by atoms with Gasteiger partial charge in [0.2, 0.25) is 17.7 Å². The van der Waals surface area contributed by atoms with E-state index < -0.39 is 29.6 Å². The molecule has 0 saturated carbocycles. The van der Waals surface area contributed by atoms with E-state index in [4.69, 9.17) is 14.6 Å². The number of nitrogens with zero attached hydrogens (tertiary/aromatic N) is 2. The molecule has 11 heteroatoms. The van der Waals surface area contributed by atoms with Crippen LogP contribution in [0.1, 0.15) is 32.1 Å². The lowest BCUT2D eigenvalue weighted by Crippen LogP contribution is -2.56. The number of aliphatic hydroxyl groups excluding tert-OH is 1. The third kappa shape index (κ3) is 4.74. The summed E-state index contributed by atoms with van der Waals surface area (Å²) in [6.45, 7) is 4.86. The van der Waals surface area contributed by atoms with Gasteiger partial charge in [-0.3, -0.25) is 19.3 Å². The second-order valence-corrected chi connectivity index (χ2v) is 10.9. The molecule has 3 N–H and O–H groups in total. The number of amides is 3. The quantitative estimate of drug-likeness (QED) is 0.236. The van der Waals surface area contributed by atoms with E-state index in [1.165, 1.54) is 0 Å². The molecule has 4 fully saturated rings. The summed E-state index contributed by atoms with van der Waals surface area (Å²) in [5, 5.41) is 14.8. The summed E-state index contributed by atoms with van der Waals surface area (Å²) < 4.78 is 11.8. The number of carbonyl (C=O) groups excluding carboxylic acids is 3. The molecule has 0 radical (unpaired) electrons. The van der Waals surface area contributed by atoms with Crippen molar-refractivity contribution in [2.75, 3.05) is 59.6 Å². The van der Waals surface area contributed by atoms with Gasteiger partial charge in [-0.15, -0.1) is 0 Å². The predicted octanol–water partition coefficient (Wildman–Crippen LogP) is -0.518. The van der Waals surface area contributed by atoms with Crippen LogP contribution in [0.15, 0.2) is 0 Å². The molecule has 192 valence electrons. The number of nitrogens with one attached hydrogen (secondary N) is 2. The Kier molecular flexibility index (Phi) is 8.50. The van der Waals surface area contributed by atoms with Crippen LogP contribution in [-0.4, -0.2) is 115 Å². The molecule has 4 heterocycles. The summed E-state index contributed by atoms with van der Waals surface area (Å²) in [7, 11) is 1.57. The summed E-state index contributed by atoms with van der Waals surface area (Å²) in [6.07, 6.45) is 3.27. The zero-order valence-corrected chi connectivity index (χ0v) is 21.4. The highest BCUT2D eigenvalue weighted by Gasteiger charge is 2.76. The molecular formula is C23H37BrN4O6. The van der Waals surface area contributed by atoms with Gasteiger partial charge in [0.25, 0.3) is 0 Å². The van der Waals surface area contributed by atoms with Crippen LogP contribution in [0, 0.1) is 11.8 Å². The van der Waals surface area contributed by atoms with Crippen molar-refractivity contribution < 1.29 is 29.0 Å². The summed E-state index contributed by atoms with van der Waals surface area (Å²) in [5.74, 6) is -1.86. The zero-order valence-electron chi connectivity index (χ0n) is 19.8. The van der Waals surface area contributed by atoms with Crippen LogP contribution in [-0.2, 0) is 23.9 Å². The Hall–Kier alpha value is -1.27. The Balaban J connectivity index is 1.50. The fourth-order valence-corrected chi connectivity index (χ4v) is 7.09. The first-order valence-corrected chi connectivity index (χ1v) is 13.4. The largest absolute Gasteiger partial charge is 0.396 e. The Bertz CT molecular complexity index is 766. The van der Waals surface area contributed by atoms with Gasteiger partial charge in [-0.2, -0.15) is 0 Å². The van der Waals surface area contributed by atoms with Crippen molar-refractivity contribution in [2.45, 2.75) is 54.7 Å². The molecule has 0 aromatic carbocycles. The van der Waals surface area contributed by atoms with Gasteiger partial charge in [-0.25, -0.2) is 0 Å². The SMILES string of the molecule is CNC(=O)[C@H]1[C@@H]2OC3(CC2Br)C(C(=O)NCCN2CCOCC2)N(CCCCCCO)C(=O)[C@H]13. The predicted molar refractivity (Wildman–Crippen MR) is 127 cm³/mol. The molecule has 4 aliphatic heterocycles. The number of morpholine rings is 1. The molecule has 0 aromatic rings. The van der Waals surface area contributed by atoms with Crippen molar-refractivity contribution in [3.63, 3.8) is 0 Å². The Morgan fingerprint density at radius 2 is 1.88 bits per heavy atom. The minimum Gasteiger partial charge on any atom is -0.396 e. The number of hydrogen-bond acceptors (Lipinski definition) is 7. The summed E-state index contributed by atoms with van der Waals surface area (Å²) in [4.78, 5) is 43.8. The fraction of sp³-hybridized carbons (Fsp3) is 0.870. The summed E-state index contributed by atoms with van der Waals surface area (Å²) >= 11 is 3.66. The van der Waals surface area contributed by atoms with Crippen molar-refractivity contribution in [1.82, 2.24) is 20.4 Å².